The number of aryl methyl sites for hydroxylation is 1. The van der Waals surface area contributed by atoms with Crippen molar-refractivity contribution in [2.45, 2.75) is 13.3 Å². The van der Waals surface area contributed by atoms with Crippen molar-refractivity contribution >= 4 is 40.7 Å². The van der Waals surface area contributed by atoms with Gasteiger partial charge >= 0.3 is 0 Å². The standard InChI is InChI=1S/C18H17N5S2/c1-12-15(14-7-3-4-8-16(14)22(12)2)11-19-23-17(20-21-18(23)24)10-13-6-5-9-25-13/h3-9,11H,10H2,1-2H3,(H,21,24)/b19-11-. The highest BCUT2D eigenvalue weighted by atomic mass is 32.1. The van der Waals surface area contributed by atoms with Crippen molar-refractivity contribution in [3.63, 3.8) is 0 Å². The number of aromatic nitrogens is 4. The molecule has 0 amide bonds. The highest BCUT2D eigenvalue weighted by molar-refractivity contribution is 7.71. The smallest absolute Gasteiger partial charge is 0.216 e. The summed E-state index contributed by atoms with van der Waals surface area (Å²) in [6.45, 7) is 2.10. The highest BCUT2D eigenvalue weighted by Crippen LogP contribution is 2.23. The van der Waals surface area contributed by atoms with Gasteiger partial charge in [-0.25, -0.2) is 0 Å². The Bertz CT molecular complexity index is 1110. The summed E-state index contributed by atoms with van der Waals surface area (Å²) in [5, 5.41) is 15.0. The Morgan fingerprint density at radius 2 is 2.12 bits per heavy atom. The molecule has 0 saturated heterocycles. The van der Waals surface area contributed by atoms with Crippen molar-refractivity contribution in [3.8, 4) is 0 Å². The maximum absolute atomic E-state index is 5.35. The van der Waals surface area contributed by atoms with Gasteiger partial charge in [-0.05, 0) is 36.7 Å². The molecular weight excluding hydrogens is 350 g/mol. The molecule has 3 heterocycles. The minimum Gasteiger partial charge on any atom is -0.347 e. The monoisotopic (exact) mass is 367 g/mol. The van der Waals surface area contributed by atoms with Gasteiger partial charge < -0.3 is 4.57 Å². The van der Waals surface area contributed by atoms with E-state index in [2.05, 4.69) is 57.4 Å². The first-order valence-electron chi connectivity index (χ1n) is 7.92. The van der Waals surface area contributed by atoms with E-state index in [0.29, 0.717) is 11.2 Å². The van der Waals surface area contributed by atoms with E-state index in [9.17, 15) is 0 Å². The summed E-state index contributed by atoms with van der Waals surface area (Å²) in [7, 11) is 2.07. The Morgan fingerprint density at radius 3 is 2.92 bits per heavy atom. The lowest BCUT2D eigenvalue weighted by Gasteiger charge is -2.00. The van der Waals surface area contributed by atoms with Crippen LogP contribution in [0.2, 0.25) is 0 Å². The molecule has 0 saturated carbocycles. The van der Waals surface area contributed by atoms with Gasteiger partial charge in [-0.15, -0.1) is 11.3 Å². The maximum Gasteiger partial charge on any atom is 0.216 e. The lowest BCUT2D eigenvalue weighted by Crippen LogP contribution is -2.00. The van der Waals surface area contributed by atoms with E-state index in [4.69, 9.17) is 12.2 Å². The number of nitrogens with one attached hydrogen (secondary N) is 1. The Hall–Kier alpha value is -2.51. The van der Waals surface area contributed by atoms with Crippen molar-refractivity contribution in [2.75, 3.05) is 0 Å². The quantitative estimate of drug-likeness (QED) is 0.432. The number of aromatic amines is 1. The molecule has 4 aromatic rings. The van der Waals surface area contributed by atoms with Gasteiger partial charge in [0.05, 0.1) is 6.21 Å². The molecule has 0 unspecified atom stereocenters. The number of para-hydroxylation sites is 1. The largest absolute Gasteiger partial charge is 0.347 e. The zero-order valence-electron chi connectivity index (χ0n) is 13.9. The number of thiophene rings is 1. The number of fused-ring (bicyclic) bond motifs is 1. The first-order valence-corrected chi connectivity index (χ1v) is 9.21. The van der Waals surface area contributed by atoms with Crippen LogP contribution < -0.4 is 0 Å². The second-order valence-corrected chi connectivity index (χ2v) is 7.25. The van der Waals surface area contributed by atoms with Crippen LogP contribution in [0.25, 0.3) is 10.9 Å². The molecular formula is C18H17N5S2. The van der Waals surface area contributed by atoms with Crippen LogP contribution in [-0.2, 0) is 13.5 Å². The van der Waals surface area contributed by atoms with E-state index >= 15 is 0 Å². The van der Waals surface area contributed by atoms with Gasteiger partial charge in [0.1, 0.15) is 0 Å². The normalized spacial score (nSPS) is 11.8. The van der Waals surface area contributed by atoms with E-state index in [0.717, 1.165) is 11.4 Å². The Morgan fingerprint density at radius 1 is 1.28 bits per heavy atom. The molecule has 0 fully saturated rings. The zero-order valence-corrected chi connectivity index (χ0v) is 15.6. The van der Waals surface area contributed by atoms with Gasteiger partial charge in [0.2, 0.25) is 4.77 Å². The van der Waals surface area contributed by atoms with Crippen LogP contribution in [0.1, 0.15) is 22.0 Å². The third-order valence-corrected chi connectivity index (χ3v) is 5.52. The second-order valence-electron chi connectivity index (χ2n) is 5.83. The molecule has 0 radical (unpaired) electrons. The van der Waals surface area contributed by atoms with Crippen molar-refractivity contribution in [1.29, 1.82) is 0 Å². The number of hydrogen-bond donors (Lipinski definition) is 1. The summed E-state index contributed by atoms with van der Waals surface area (Å²) in [5.74, 6) is 0.807. The van der Waals surface area contributed by atoms with E-state index in [1.165, 1.54) is 21.5 Å². The van der Waals surface area contributed by atoms with Crippen molar-refractivity contribution in [2.24, 2.45) is 12.1 Å². The first kappa shape index (κ1) is 16.0. The zero-order chi connectivity index (χ0) is 17.4. The number of nitrogens with zero attached hydrogens (tertiary/aromatic N) is 4. The molecule has 0 aliphatic heterocycles. The fraction of sp³-hybridized carbons (Fsp3) is 0.167. The van der Waals surface area contributed by atoms with Crippen molar-refractivity contribution in [1.82, 2.24) is 19.4 Å². The topological polar surface area (TPSA) is 50.9 Å². The van der Waals surface area contributed by atoms with Crippen molar-refractivity contribution in [3.05, 3.63) is 68.5 Å². The Labute approximate surface area is 154 Å². The molecule has 126 valence electrons. The van der Waals surface area contributed by atoms with Crippen molar-refractivity contribution < 1.29 is 0 Å². The summed E-state index contributed by atoms with van der Waals surface area (Å²) in [6, 6.07) is 12.5. The van der Waals surface area contributed by atoms with E-state index in [1.807, 2.05) is 24.4 Å². The number of H-pyrrole nitrogens is 1. The van der Waals surface area contributed by atoms with Gasteiger partial charge in [-0.2, -0.15) is 14.9 Å². The molecule has 5 nitrogen and oxygen atoms in total. The molecule has 7 heteroatoms. The summed E-state index contributed by atoms with van der Waals surface area (Å²) < 4.78 is 4.38. The van der Waals surface area contributed by atoms with Crippen LogP contribution in [0.3, 0.4) is 0 Å². The van der Waals surface area contributed by atoms with Gasteiger partial charge in [-0.3, -0.25) is 5.10 Å². The minimum atomic E-state index is 0.501. The Balaban J connectivity index is 1.75. The minimum absolute atomic E-state index is 0.501. The Kier molecular flexibility index (Phi) is 4.10. The number of hydrogen-bond acceptors (Lipinski definition) is 4. The third-order valence-electron chi connectivity index (χ3n) is 4.38. The average Bonchev–Trinajstić information content (AvgIpc) is 3.31. The second kappa shape index (κ2) is 6.42. The van der Waals surface area contributed by atoms with Gasteiger partial charge in [0, 0.05) is 40.5 Å². The van der Waals surface area contributed by atoms with E-state index in [1.54, 1.807) is 16.0 Å². The summed E-state index contributed by atoms with van der Waals surface area (Å²) in [5.41, 5.74) is 3.46. The molecule has 4 rings (SSSR count). The van der Waals surface area contributed by atoms with Gasteiger partial charge in [-0.1, -0.05) is 24.3 Å². The SMILES string of the molecule is Cc1c(/C=N\n2c(Cc3cccs3)n[nH]c2=S)c2ccccc2n1C. The lowest BCUT2D eigenvalue weighted by atomic mass is 10.1. The molecule has 1 aromatic carbocycles. The summed E-state index contributed by atoms with van der Waals surface area (Å²) in [6.07, 6.45) is 2.58. The molecule has 0 aliphatic rings. The van der Waals surface area contributed by atoms with Crippen LogP contribution >= 0.6 is 23.6 Å². The molecule has 0 bridgehead atoms. The van der Waals surface area contributed by atoms with E-state index < -0.39 is 0 Å². The average molecular weight is 368 g/mol. The maximum atomic E-state index is 5.35. The van der Waals surface area contributed by atoms with Crippen LogP contribution in [0, 0.1) is 11.7 Å². The van der Waals surface area contributed by atoms with Crippen LogP contribution in [0.5, 0.6) is 0 Å². The predicted molar refractivity (Wildman–Crippen MR) is 105 cm³/mol. The molecule has 0 spiro atoms. The number of benzene rings is 1. The summed E-state index contributed by atoms with van der Waals surface area (Å²) >= 11 is 7.05. The van der Waals surface area contributed by atoms with Gasteiger partial charge in [0.25, 0.3) is 0 Å². The third kappa shape index (κ3) is 2.85. The van der Waals surface area contributed by atoms with Crippen LogP contribution in [0.15, 0.2) is 46.9 Å². The van der Waals surface area contributed by atoms with Gasteiger partial charge in [0.15, 0.2) is 5.82 Å². The fourth-order valence-corrected chi connectivity index (χ4v) is 3.85. The first-order chi connectivity index (χ1) is 12.1. The van der Waals surface area contributed by atoms with Crippen LogP contribution in [0.4, 0.5) is 0 Å². The molecule has 0 atom stereocenters. The number of rotatable bonds is 4. The highest BCUT2D eigenvalue weighted by Gasteiger charge is 2.11. The molecule has 0 aliphatic carbocycles. The fourth-order valence-electron chi connectivity index (χ4n) is 2.96. The van der Waals surface area contributed by atoms with E-state index in [-0.39, 0.29) is 0 Å². The molecule has 25 heavy (non-hydrogen) atoms. The summed E-state index contributed by atoms with van der Waals surface area (Å²) in [4.78, 5) is 1.23. The predicted octanol–water partition coefficient (Wildman–Crippen LogP) is 4.28. The molecule has 3 aromatic heterocycles. The molecule has 1 N–H and O–H groups in total. The van der Waals surface area contributed by atoms with Crippen LogP contribution in [-0.4, -0.2) is 25.7 Å². The lowest BCUT2D eigenvalue weighted by molar-refractivity contribution is 0.795.